The highest BCUT2D eigenvalue weighted by Crippen LogP contribution is 2.19. The summed E-state index contributed by atoms with van der Waals surface area (Å²) < 4.78 is 32.7. The molecule has 0 unspecified atom stereocenters. The van der Waals surface area contributed by atoms with Gasteiger partial charge >= 0.3 is 0 Å². The Kier molecular flexibility index (Phi) is 7.97. The van der Waals surface area contributed by atoms with Crippen LogP contribution in [0.25, 0.3) is 0 Å². The number of hydrogen-bond acceptors (Lipinski definition) is 4. The molecule has 0 aromatic heterocycles. The Bertz CT molecular complexity index is 317. The van der Waals surface area contributed by atoms with Crippen molar-refractivity contribution >= 4 is 10.2 Å². The van der Waals surface area contributed by atoms with Gasteiger partial charge in [-0.2, -0.15) is 12.7 Å². The van der Waals surface area contributed by atoms with E-state index in [0.717, 1.165) is 6.42 Å². The molecule has 0 saturated heterocycles. The lowest BCUT2D eigenvalue weighted by molar-refractivity contribution is 0.153. The molecular weight excluding hydrogens is 254 g/mol. The molecular formula is C11H27N3O3S. The van der Waals surface area contributed by atoms with Crippen molar-refractivity contribution in [1.29, 1.82) is 0 Å². The Balaban J connectivity index is 4.24. The van der Waals surface area contributed by atoms with Crippen LogP contribution < -0.4 is 10.5 Å². The van der Waals surface area contributed by atoms with Gasteiger partial charge in [-0.25, -0.2) is 4.72 Å². The van der Waals surface area contributed by atoms with Gasteiger partial charge in [-0.1, -0.05) is 13.8 Å². The smallest absolute Gasteiger partial charge is 0.279 e. The molecule has 0 aliphatic rings. The number of ether oxygens (including phenoxy) is 1. The monoisotopic (exact) mass is 281 g/mol. The standard InChI is InChI=1S/C11H27N3O3S/c1-11(2,6-9-17-4)10-13-18(15,16)14(3)8-5-7-12/h13H,5-10,12H2,1-4H3. The number of methoxy groups -OCH3 is 1. The van der Waals surface area contributed by atoms with Crippen molar-refractivity contribution in [2.24, 2.45) is 11.1 Å². The first kappa shape index (κ1) is 17.8. The molecule has 0 amide bonds. The molecule has 0 bridgehead atoms. The first-order valence-corrected chi connectivity index (χ1v) is 7.59. The maximum Gasteiger partial charge on any atom is 0.279 e. The summed E-state index contributed by atoms with van der Waals surface area (Å²) in [7, 11) is -0.208. The van der Waals surface area contributed by atoms with Crippen LogP contribution in [0.3, 0.4) is 0 Å². The number of nitrogens with two attached hydrogens (primary N) is 1. The van der Waals surface area contributed by atoms with Gasteiger partial charge in [0.15, 0.2) is 0 Å². The van der Waals surface area contributed by atoms with Gasteiger partial charge in [-0.3, -0.25) is 0 Å². The summed E-state index contributed by atoms with van der Waals surface area (Å²) in [6.07, 6.45) is 1.46. The summed E-state index contributed by atoms with van der Waals surface area (Å²) in [5.74, 6) is 0. The topological polar surface area (TPSA) is 84.7 Å². The van der Waals surface area contributed by atoms with Gasteiger partial charge in [0, 0.05) is 33.9 Å². The van der Waals surface area contributed by atoms with Gasteiger partial charge in [0.1, 0.15) is 0 Å². The minimum Gasteiger partial charge on any atom is -0.385 e. The average molecular weight is 281 g/mol. The predicted octanol–water partition coefficient (Wildman–Crippen LogP) is 0.164. The first-order valence-electron chi connectivity index (χ1n) is 6.15. The summed E-state index contributed by atoms with van der Waals surface area (Å²) in [5.41, 5.74) is 5.24. The van der Waals surface area contributed by atoms with Crippen LogP contribution in [0.2, 0.25) is 0 Å². The highest BCUT2D eigenvalue weighted by Gasteiger charge is 2.23. The predicted molar refractivity (Wildman–Crippen MR) is 73.5 cm³/mol. The number of nitrogens with one attached hydrogen (secondary N) is 1. The van der Waals surface area contributed by atoms with Gasteiger partial charge < -0.3 is 10.5 Å². The zero-order valence-corrected chi connectivity index (χ0v) is 12.7. The minimum absolute atomic E-state index is 0.127. The van der Waals surface area contributed by atoms with E-state index in [1.54, 1.807) is 14.2 Å². The lowest BCUT2D eigenvalue weighted by Crippen LogP contribution is -2.43. The molecule has 0 saturated carbocycles. The van der Waals surface area contributed by atoms with Crippen LogP contribution >= 0.6 is 0 Å². The van der Waals surface area contributed by atoms with Crippen molar-refractivity contribution < 1.29 is 13.2 Å². The van der Waals surface area contributed by atoms with E-state index in [9.17, 15) is 8.42 Å². The quantitative estimate of drug-likeness (QED) is 0.597. The minimum atomic E-state index is -3.40. The highest BCUT2D eigenvalue weighted by molar-refractivity contribution is 7.87. The van der Waals surface area contributed by atoms with Gasteiger partial charge in [0.25, 0.3) is 10.2 Å². The molecule has 3 N–H and O–H groups in total. The maximum absolute atomic E-state index is 11.9. The van der Waals surface area contributed by atoms with Gasteiger partial charge in [-0.15, -0.1) is 0 Å². The lowest BCUT2D eigenvalue weighted by atomic mass is 9.90. The van der Waals surface area contributed by atoms with E-state index in [1.165, 1.54) is 4.31 Å². The Labute approximate surface area is 111 Å². The average Bonchev–Trinajstić information content (AvgIpc) is 2.31. The van der Waals surface area contributed by atoms with Crippen molar-refractivity contribution in [1.82, 2.24) is 9.03 Å². The maximum atomic E-state index is 11.9. The van der Waals surface area contributed by atoms with Crippen LogP contribution in [0.1, 0.15) is 26.7 Å². The van der Waals surface area contributed by atoms with Crippen LogP contribution in [0, 0.1) is 5.41 Å². The Morgan fingerprint density at radius 3 is 2.50 bits per heavy atom. The van der Waals surface area contributed by atoms with Crippen LogP contribution in [-0.4, -0.2) is 53.1 Å². The van der Waals surface area contributed by atoms with E-state index in [2.05, 4.69) is 4.72 Å². The number of nitrogens with zero attached hydrogens (tertiary/aromatic N) is 1. The Hall–Kier alpha value is -0.210. The fraction of sp³-hybridized carbons (Fsp3) is 1.00. The third-order valence-electron chi connectivity index (χ3n) is 2.80. The third-order valence-corrected chi connectivity index (χ3v) is 4.32. The summed E-state index contributed by atoms with van der Waals surface area (Å²) >= 11 is 0. The summed E-state index contributed by atoms with van der Waals surface area (Å²) in [6, 6.07) is 0. The molecule has 0 radical (unpaired) electrons. The molecule has 6 nitrogen and oxygen atoms in total. The zero-order chi connectivity index (χ0) is 14.2. The van der Waals surface area contributed by atoms with Crippen LogP contribution in [0.5, 0.6) is 0 Å². The molecule has 0 heterocycles. The summed E-state index contributed by atoms with van der Waals surface area (Å²) in [6.45, 7) is 5.95. The van der Waals surface area contributed by atoms with Crippen LogP contribution in [0.4, 0.5) is 0 Å². The second-order valence-corrected chi connectivity index (χ2v) is 7.06. The van der Waals surface area contributed by atoms with Gasteiger partial charge in [-0.05, 0) is 24.8 Å². The van der Waals surface area contributed by atoms with E-state index in [0.29, 0.717) is 32.7 Å². The molecule has 0 spiro atoms. The molecule has 0 aliphatic heterocycles. The molecule has 18 heavy (non-hydrogen) atoms. The Morgan fingerprint density at radius 1 is 1.39 bits per heavy atom. The van der Waals surface area contributed by atoms with Crippen molar-refractivity contribution in [3.05, 3.63) is 0 Å². The lowest BCUT2D eigenvalue weighted by Gasteiger charge is -2.26. The van der Waals surface area contributed by atoms with Crippen molar-refractivity contribution in [3.8, 4) is 0 Å². The zero-order valence-electron chi connectivity index (χ0n) is 11.9. The molecule has 0 aromatic carbocycles. The Morgan fingerprint density at radius 2 is 2.00 bits per heavy atom. The fourth-order valence-corrected chi connectivity index (χ4v) is 2.46. The SMILES string of the molecule is COCCC(C)(C)CNS(=O)(=O)N(C)CCCN. The molecule has 110 valence electrons. The van der Waals surface area contributed by atoms with Crippen molar-refractivity contribution in [2.75, 3.05) is 40.4 Å². The normalized spacial score (nSPS) is 13.2. The molecule has 0 rings (SSSR count). The van der Waals surface area contributed by atoms with E-state index < -0.39 is 10.2 Å². The molecule has 7 heteroatoms. The second kappa shape index (κ2) is 8.06. The van der Waals surface area contributed by atoms with Gasteiger partial charge in [0.05, 0.1) is 0 Å². The highest BCUT2D eigenvalue weighted by atomic mass is 32.2. The van der Waals surface area contributed by atoms with E-state index in [1.807, 2.05) is 13.8 Å². The van der Waals surface area contributed by atoms with Gasteiger partial charge in [0.2, 0.25) is 0 Å². The van der Waals surface area contributed by atoms with Crippen LogP contribution in [-0.2, 0) is 14.9 Å². The first-order chi connectivity index (χ1) is 8.25. The van der Waals surface area contributed by atoms with E-state index in [-0.39, 0.29) is 5.41 Å². The van der Waals surface area contributed by atoms with Crippen LogP contribution in [0.15, 0.2) is 0 Å². The largest absolute Gasteiger partial charge is 0.385 e. The van der Waals surface area contributed by atoms with Crippen molar-refractivity contribution in [2.45, 2.75) is 26.7 Å². The summed E-state index contributed by atoms with van der Waals surface area (Å²) in [4.78, 5) is 0. The third kappa shape index (κ3) is 7.27. The van der Waals surface area contributed by atoms with E-state index >= 15 is 0 Å². The van der Waals surface area contributed by atoms with E-state index in [4.69, 9.17) is 10.5 Å². The second-order valence-electron chi connectivity index (χ2n) is 5.20. The molecule has 0 fully saturated rings. The molecule has 0 aromatic rings. The fourth-order valence-electron chi connectivity index (χ4n) is 1.30. The molecule has 0 atom stereocenters. The summed E-state index contributed by atoms with van der Waals surface area (Å²) in [5, 5.41) is 0. The number of rotatable bonds is 10. The number of hydrogen-bond donors (Lipinski definition) is 2. The molecule has 0 aliphatic carbocycles. The van der Waals surface area contributed by atoms with Crippen molar-refractivity contribution in [3.63, 3.8) is 0 Å².